The van der Waals surface area contributed by atoms with Gasteiger partial charge >= 0.3 is 0 Å². The zero-order valence-electron chi connectivity index (χ0n) is 22.5. The second kappa shape index (κ2) is 13.0. The summed E-state index contributed by atoms with van der Waals surface area (Å²) in [6.07, 6.45) is 2.38. The van der Waals surface area contributed by atoms with Crippen LogP contribution in [0.5, 0.6) is 5.75 Å². The van der Waals surface area contributed by atoms with Crippen LogP contribution in [0.1, 0.15) is 12.0 Å². The zero-order valence-corrected chi connectivity index (χ0v) is 23.3. The molecule has 208 valence electrons. The Morgan fingerprint density at radius 1 is 1.00 bits per heavy atom. The second-order valence-corrected chi connectivity index (χ2v) is 10.8. The van der Waals surface area contributed by atoms with Crippen LogP contribution in [0.3, 0.4) is 0 Å². The normalized spacial score (nSPS) is 16.6. The van der Waals surface area contributed by atoms with Crippen molar-refractivity contribution >= 4 is 41.0 Å². The van der Waals surface area contributed by atoms with E-state index in [9.17, 15) is 14.0 Å². The Labute approximate surface area is 238 Å². The number of halogens is 1. The number of hydrogen-bond donors (Lipinski definition) is 1. The van der Waals surface area contributed by atoms with E-state index in [2.05, 4.69) is 27.2 Å². The van der Waals surface area contributed by atoms with Crippen LogP contribution >= 0.6 is 11.8 Å². The number of carbonyl (C=O) groups is 2. The molecule has 7 nitrogen and oxygen atoms in total. The third-order valence-electron chi connectivity index (χ3n) is 7.11. The molecule has 1 fully saturated rings. The van der Waals surface area contributed by atoms with Crippen molar-refractivity contribution in [2.75, 3.05) is 62.7 Å². The Kier molecular flexibility index (Phi) is 9.03. The second-order valence-electron chi connectivity index (χ2n) is 9.72. The number of fused-ring (bicyclic) bond motifs is 1. The van der Waals surface area contributed by atoms with Gasteiger partial charge in [-0.05, 0) is 61.5 Å². The number of anilines is 2. The first-order chi connectivity index (χ1) is 19.5. The molecule has 0 atom stereocenters. The largest absolute Gasteiger partial charge is 0.497 e. The molecule has 2 amide bonds. The quantitative estimate of drug-likeness (QED) is 0.304. The molecule has 0 aliphatic carbocycles. The van der Waals surface area contributed by atoms with Crippen LogP contribution in [0.2, 0.25) is 0 Å². The van der Waals surface area contributed by atoms with Crippen molar-refractivity contribution in [2.45, 2.75) is 11.3 Å². The molecule has 0 saturated carbocycles. The number of rotatable bonds is 9. The van der Waals surface area contributed by atoms with E-state index in [0.29, 0.717) is 22.7 Å². The highest BCUT2D eigenvalue weighted by atomic mass is 32.2. The molecular weight excluding hydrogens is 527 g/mol. The molecule has 3 aromatic carbocycles. The maximum absolute atomic E-state index is 14.3. The summed E-state index contributed by atoms with van der Waals surface area (Å²) in [5.74, 6) is -0.0631. The summed E-state index contributed by atoms with van der Waals surface area (Å²) < 4.78 is 19.5. The number of benzene rings is 3. The molecule has 0 aromatic heterocycles. The van der Waals surface area contributed by atoms with E-state index in [0.717, 1.165) is 49.8 Å². The first-order valence-electron chi connectivity index (χ1n) is 13.4. The van der Waals surface area contributed by atoms with Crippen LogP contribution in [0.15, 0.2) is 82.6 Å². The summed E-state index contributed by atoms with van der Waals surface area (Å²) in [6.45, 7) is 5.18. The standard InChI is InChI=1S/C31H33FN4O3S/c1-39-25-13-11-24(12-14-25)35-19-17-34(18-20-35)16-6-15-33-30(37)22-36-27-9-4-5-10-28(27)40-29(31(36)38)21-23-7-2-3-8-26(23)32/h2-5,7-14,21H,6,15-20,22H2,1H3,(H,33,37). The number of carbonyl (C=O) groups excluding carboxylic acids is 2. The van der Waals surface area contributed by atoms with Gasteiger partial charge in [0.1, 0.15) is 18.1 Å². The summed E-state index contributed by atoms with van der Waals surface area (Å²) in [7, 11) is 1.67. The molecule has 1 N–H and O–H groups in total. The van der Waals surface area contributed by atoms with E-state index in [1.807, 2.05) is 36.4 Å². The van der Waals surface area contributed by atoms with Crippen molar-refractivity contribution < 1.29 is 18.7 Å². The lowest BCUT2D eigenvalue weighted by atomic mass is 10.2. The van der Waals surface area contributed by atoms with Gasteiger partial charge in [0.05, 0.1) is 17.7 Å². The predicted octanol–water partition coefficient (Wildman–Crippen LogP) is 4.64. The van der Waals surface area contributed by atoms with Crippen LogP contribution in [0, 0.1) is 5.82 Å². The first kappa shape index (κ1) is 27.7. The number of methoxy groups -OCH3 is 1. The minimum atomic E-state index is -0.395. The summed E-state index contributed by atoms with van der Waals surface area (Å²) in [5.41, 5.74) is 2.23. The molecular formula is C31H33FN4O3S. The van der Waals surface area contributed by atoms with Crippen LogP contribution < -0.4 is 19.9 Å². The van der Waals surface area contributed by atoms with Gasteiger partial charge in [-0.25, -0.2) is 4.39 Å². The SMILES string of the molecule is COc1ccc(N2CCN(CCCNC(=O)CN3C(=O)C(=Cc4ccccc4F)Sc4ccccc43)CC2)cc1. The lowest BCUT2D eigenvalue weighted by Gasteiger charge is -2.36. The van der Waals surface area contributed by atoms with Crippen molar-refractivity contribution in [1.29, 1.82) is 0 Å². The third kappa shape index (κ3) is 6.66. The zero-order chi connectivity index (χ0) is 27.9. The number of para-hydroxylation sites is 1. The van der Waals surface area contributed by atoms with Gasteiger partial charge in [0.2, 0.25) is 5.91 Å². The fourth-order valence-electron chi connectivity index (χ4n) is 4.91. The maximum Gasteiger partial charge on any atom is 0.265 e. The lowest BCUT2D eigenvalue weighted by molar-refractivity contribution is -0.122. The van der Waals surface area contributed by atoms with E-state index < -0.39 is 5.82 Å². The fraction of sp³-hybridized carbons (Fsp3) is 0.290. The molecule has 1 saturated heterocycles. The number of thioether (sulfide) groups is 1. The molecule has 0 spiro atoms. The van der Waals surface area contributed by atoms with Crippen LogP contribution in [0.4, 0.5) is 15.8 Å². The van der Waals surface area contributed by atoms with Gasteiger partial charge in [0.15, 0.2) is 0 Å². The monoisotopic (exact) mass is 560 g/mol. The predicted molar refractivity (Wildman–Crippen MR) is 158 cm³/mol. The molecule has 0 unspecified atom stereocenters. The molecule has 5 rings (SSSR count). The topological polar surface area (TPSA) is 65.1 Å². The van der Waals surface area contributed by atoms with E-state index in [-0.39, 0.29) is 18.4 Å². The summed E-state index contributed by atoms with van der Waals surface area (Å²) in [6, 6.07) is 22.0. The van der Waals surface area contributed by atoms with Crippen LogP contribution in [0.25, 0.3) is 6.08 Å². The van der Waals surface area contributed by atoms with Crippen molar-refractivity contribution in [1.82, 2.24) is 10.2 Å². The Morgan fingerprint density at radius 2 is 1.73 bits per heavy atom. The summed E-state index contributed by atoms with van der Waals surface area (Å²) >= 11 is 1.29. The highest BCUT2D eigenvalue weighted by Crippen LogP contribution is 2.42. The van der Waals surface area contributed by atoms with Gasteiger partial charge in [0, 0.05) is 48.9 Å². The van der Waals surface area contributed by atoms with Gasteiger partial charge in [-0.3, -0.25) is 19.4 Å². The molecule has 2 heterocycles. The molecule has 2 aliphatic rings. The first-order valence-corrected chi connectivity index (χ1v) is 14.3. The highest BCUT2D eigenvalue weighted by molar-refractivity contribution is 8.04. The third-order valence-corrected chi connectivity index (χ3v) is 8.19. The average molecular weight is 561 g/mol. The number of amides is 2. The number of hydrogen-bond acceptors (Lipinski definition) is 6. The van der Waals surface area contributed by atoms with Crippen molar-refractivity contribution in [3.63, 3.8) is 0 Å². The number of piperazine rings is 1. The molecule has 0 bridgehead atoms. The fourth-order valence-corrected chi connectivity index (χ4v) is 5.95. The van der Waals surface area contributed by atoms with E-state index in [1.54, 1.807) is 31.4 Å². The van der Waals surface area contributed by atoms with Gasteiger partial charge < -0.3 is 15.0 Å². The maximum atomic E-state index is 14.3. The molecule has 0 radical (unpaired) electrons. The molecule has 2 aliphatic heterocycles. The van der Waals surface area contributed by atoms with Crippen molar-refractivity contribution in [2.24, 2.45) is 0 Å². The van der Waals surface area contributed by atoms with E-state index >= 15 is 0 Å². The summed E-state index contributed by atoms with van der Waals surface area (Å²) in [4.78, 5) is 33.7. The minimum Gasteiger partial charge on any atom is -0.497 e. The van der Waals surface area contributed by atoms with Gasteiger partial charge in [-0.1, -0.05) is 42.1 Å². The van der Waals surface area contributed by atoms with Gasteiger partial charge in [-0.2, -0.15) is 0 Å². The highest BCUT2D eigenvalue weighted by Gasteiger charge is 2.30. The van der Waals surface area contributed by atoms with E-state index in [1.165, 1.54) is 28.4 Å². The van der Waals surface area contributed by atoms with Crippen molar-refractivity contribution in [3.05, 3.63) is 89.1 Å². The number of nitrogens with zero attached hydrogens (tertiary/aromatic N) is 3. The molecule has 9 heteroatoms. The Balaban J connectivity index is 1.11. The Bertz CT molecular complexity index is 1370. The minimum absolute atomic E-state index is 0.0917. The molecule has 40 heavy (non-hydrogen) atoms. The van der Waals surface area contributed by atoms with Gasteiger partial charge in [-0.15, -0.1) is 0 Å². The summed E-state index contributed by atoms with van der Waals surface area (Å²) in [5, 5.41) is 2.97. The lowest BCUT2D eigenvalue weighted by Crippen LogP contribution is -2.47. The number of ether oxygens (including phenoxy) is 1. The Morgan fingerprint density at radius 3 is 2.48 bits per heavy atom. The number of nitrogens with one attached hydrogen (secondary N) is 1. The van der Waals surface area contributed by atoms with E-state index in [4.69, 9.17) is 4.74 Å². The molecule has 3 aromatic rings. The smallest absolute Gasteiger partial charge is 0.265 e. The van der Waals surface area contributed by atoms with Crippen LogP contribution in [-0.2, 0) is 9.59 Å². The van der Waals surface area contributed by atoms with Gasteiger partial charge in [0.25, 0.3) is 5.91 Å². The van der Waals surface area contributed by atoms with Crippen molar-refractivity contribution in [3.8, 4) is 5.75 Å². The van der Waals surface area contributed by atoms with Crippen LogP contribution in [-0.4, -0.2) is 69.6 Å². The average Bonchev–Trinajstić information content (AvgIpc) is 2.99. The Hall–Kier alpha value is -3.82.